The molecule has 4 rings (SSSR count). The summed E-state index contributed by atoms with van der Waals surface area (Å²) in [6, 6.07) is 14.1. The number of hydrogen-bond acceptors (Lipinski definition) is 3. The van der Waals surface area contributed by atoms with Crippen LogP contribution in [0, 0.1) is 6.92 Å². The zero-order valence-corrected chi connectivity index (χ0v) is 15.4. The Hall–Kier alpha value is -3.12. The molecule has 2 aromatic heterocycles. The molecular formula is C21H22N4O2. The molecule has 6 heteroatoms. The fourth-order valence-corrected chi connectivity index (χ4v) is 3.19. The Morgan fingerprint density at radius 2 is 2.07 bits per heavy atom. The van der Waals surface area contributed by atoms with Crippen LogP contribution in [-0.4, -0.2) is 27.5 Å². The van der Waals surface area contributed by atoms with Gasteiger partial charge in [0.2, 0.25) is 5.91 Å². The molecule has 138 valence electrons. The number of imidazole rings is 1. The number of amides is 1. The summed E-state index contributed by atoms with van der Waals surface area (Å²) in [7, 11) is 0. The first kappa shape index (κ1) is 17.3. The van der Waals surface area contributed by atoms with Gasteiger partial charge in [-0.2, -0.15) is 0 Å². The van der Waals surface area contributed by atoms with Gasteiger partial charge in [0, 0.05) is 11.7 Å². The monoisotopic (exact) mass is 362 g/mol. The van der Waals surface area contributed by atoms with Crippen LogP contribution < -0.4 is 5.32 Å². The average Bonchev–Trinajstić information content (AvgIpc) is 3.26. The van der Waals surface area contributed by atoms with Crippen molar-refractivity contribution in [2.24, 2.45) is 0 Å². The van der Waals surface area contributed by atoms with Crippen LogP contribution in [0.3, 0.4) is 0 Å². The number of aryl methyl sites for hydroxylation is 1. The minimum Gasteiger partial charge on any atom is -0.364 e. The number of H-pyrrole nitrogens is 2. The van der Waals surface area contributed by atoms with Gasteiger partial charge >= 0.3 is 0 Å². The SMILES string of the molecule is Cc1ccc2nc(COCC(=O)NC(C)c3ccc4[nH]ccc4c3)[nH]c2c1. The summed E-state index contributed by atoms with van der Waals surface area (Å²) < 4.78 is 5.53. The molecule has 0 aliphatic heterocycles. The molecule has 0 saturated heterocycles. The Morgan fingerprint density at radius 1 is 1.19 bits per heavy atom. The summed E-state index contributed by atoms with van der Waals surface area (Å²) in [4.78, 5) is 23.0. The lowest BCUT2D eigenvalue weighted by atomic mass is 10.1. The highest BCUT2D eigenvalue weighted by Gasteiger charge is 2.11. The summed E-state index contributed by atoms with van der Waals surface area (Å²) in [6.45, 7) is 4.26. The zero-order valence-electron chi connectivity index (χ0n) is 15.4. The molecule has 3 N–H and O–H groups in total. The Bertz CT molecular complexity index is 1100. The van der Waals surface area contributed by atoms with Gasteiger partial charge in [0.15, 0.2) is 0 Å². The third kappa shape index (κ3) is 3.85. The highest BCUT2D eigenvalue weighted by atomic mass is 16.5. The van der Waals surface area contributed by atoms with Crippen LogP contribution in [0.25, 0.3) is 21.9 Å². The smallest absolute Gasteiger partial charge is 0.246 e. The summed E-state index contributed by atoms with van der Waals surface area (Å²) >= 11 is 0. The molecule has 0 saturated carbocycles. The maximum Gasteiger partial charge on any atom is 0.246 e. The molecule has 1 atom stereocenters. The highest BCUT2D eigenvalue weighted by Crippen LogP contribution is 2.19. The number of rotatable bonds is 6. The third-order valence-corrected chi connectivity index (χ3v) is 4.61. The molecule has 2 aromatic carbocycles. The van der Waals surface area contributed by atoms with Gasteiger partial charge in [-0.3, -0.25) is 4.79 Å². The van der Waals surface area contributed by atoms with E-state index in [9.17, 15) is 4.79 Å². The maximum atomic E-state index is 12.2. The molecule has 4 aromatic rings. The van der Waals surface area contributed by atoms with E-state index in [-0.39, 0.29) is 25.2 Å². The number of carbonyl (C=O) groups is 1. The van der Waals surface area contributed by atoms with Gasteiger partial charge in [-0.25, -0.2) is 4.98 Å². The molecule has 0 aliphatic rings. The van der Waals surface area contributed by atoms with Gasteiger partial charge in [0.05, 0.1) is 17.1 Å². The van der Waals surface area contributed by atoms with Crippen molar-refractivity contribution in [1.82, 2.24) is 20.3 Å². The van der Waals surface area contributed by atoms with Crippen LogP contribution in [0.15, 0.2) is 48.7 Å². The van der Waals surface area contributed by atoms with Crippen LogP contribution in [0.4, 0.5) is 0 Å². The molecule has 0 aliphatic carbocycles. The first-order chi connectivity index (χ1) is 13.1. The standard InChI is InChI=1S/C21H22N4O2/c1-13-3-5-18-19(9-13)25-20(24-18)11-27-12-21(26)23-14(2)15-4-6-17-16(10-15)7-8-22-17/h3-10,14,22H,11-12H2,1-2H3,(H,23,26)(H,24,25). The summed E-state index contributed by atoms with van der Waals surface area (Å²) in [5, 5.41) is 4.10. The van der Waals surface area contributed by atoms with Crippen molar-refractivity contribution in [2.45, 2.75) is 26.5 Å². The van der Waals surface area contributed by atoms with Crippen LogP contribution in [0.1, 0.15) is 29.9 Å². The Balaban J connectivity index is 1.30. The van der Waals surface area contributed by atoms with E-state index < -0.39 is 0 Å². The van der Waals surface area contributed by atoms with Crippen molar-refractivity contribution in [1.29, 1.82) is 0 Å². The lowest BCUT2D eigenvalue weighted by Gasteiger charge is -2.14. The molecule has 1 amide bonds. The quantitative estimate of drug-likeness (QED) is 0.488. The number of fused-ring (bicyclic) bond motifs is 2. The van der Waals surface area contributed by atoms with Gasteiger partial charge in [-0.15, -0.1) is 0 Å². The van der Waals surface area contributed by atoms with E-state index in [1.807, 2.05) is 56.4 Å². The molecule has 1 unspecified atom stereocenters. The van der Waals surface area contributed by atoms with Crippen LogP contribution in [0.5, 0.6) is 0 Å². The van der Waals surface area contributed by atoms with Gasteiger partial charge in [0.1, 0.15) is 19.0 Å². The number of nitrogens with zero attached hydrogens (tertiary/aromatic N) is 1. The van der Waals surface area contributed by atoms with Crippen molar-refractivity contribution < 1.29 is 9.53 Å². The van der Waals surface area contributed by atoms with E-state index in [0.717, 1.165) is 27.5 Å². The zero-order chi connectivity index (χ0) is 18.8. The Labute approximate surface area is 157 Å². The van der Waals surface area contributed by atoms with Crippen LogP contribution in [0.2, 0.25) is 0 Å². The highest BCUT2D eigenvalue weighted by molar-refractivity contribution is 5.81. The number of nitrogens with one attached hydrogen (secondary N) is 3. The Kier molecular flexibility index (Phi) is 4.64. The van der Waals surface area contributed by atoms with E-state index in [2.05, 4.69) is 26.3 Å². The lowest BCUT2D eigenvalue weighted by Crippen LogP contribution is -2.30. The molecule has 0 fully saturated rings. The summed E-state index contributed by atoms with van der Waals surface area (Å²) in [5.41, 5.74) is 5.19. The average molecular weight is 362 g/mol. The topological polar surface area (TPSA) is 82.8 Å². The number of hydrogen-bond donors (Lipinski definition) is 3. The number of carbonyl (C=O) groups excluding carboxylic acids is 1. The lowest BCUT2D eigenvalue weighted by molar-refractivity contribution is -0.126. The molecule has 0 bridgehead atoms. The largest absolute Gasteiger partial charge is 0.364 e. The molecule has 0 radical (unpaired) electrons. The van der Waals surface area contributed by atoms with Crippen LogP contribution in [-0.2, 0) is 16.1 Å². The summed E-state index contributed by atoms with van der Waals surface area (Å²) in [5.74, 6) is 0.568. The predicted molar refractivity (Wildman–Crippen MR) is 105 cm³/mol. The van der Waals surface area contributed by atoms with Crippen molar-refractivity contribution in [3.05, 3.63) is 65.6 Å². The van der Waals surface area contributed by atoms with E-state index in [1.54, 1.807) is 0 Å². The van der Waals surface area contributed by atoms with Gasteiger partial charge < -0.3 is 20.0 Å². The Morgan fingerprint density at radius 3 is 2.96 bits per heavy atom. The first-order valence-electron chi connectivity index (χ1n) is 8.98. The van der Waals surface area contributed by atoms with Crippen molar-refractivity contribution in [2.75, 3.05) is 6.61 Å². The number of ether oxygens (including phenoxy) is 1. The third-order valence-electron chi connectivity index (χ3n) is 4.61. The molecule has 2 heterocycles. The number of aromatic amines is 2. The van der Waals surface area contributed by atoms with Crippen LogP contribution >= 0.6 is 0 Å². The van der Waals surface area contributed by atoms with Gasteiger partial charge in [-0.1, -0.05) is 12.1 Å². The minimum absolute atomic E-state index is 0.00713. The van der Waals surface area contributed by atoms with Gasteiger partial charge in [0.25, 0.3) is 0 Å². The fourth-order valence-electron chi connectivity index (χ4n) is 3.19. The number of benzene rings is 2. The van der Waals surface area contributed by atoms with E-state index in [1.165, 1.54) is 5.56 Å². The van der Waals surface area contributed by atoms with Gasteiger partial charge in [-0.05, 0) is 60.7 Å². The predicted octanol–water partition coefficient (Wildman–Crippen LogP) is 3.75. The second kappa shape index (κ2) is 7.25. The summed E-state index contributed by atoms with van der Waals surface area (Å²) in [6.07, 6.45) is 1.91. The maximum absolute atomic E-state index is 12.2. The minimum atomic E-state index is -0.149. The number of aromatic nitrogens is 3. The molecule has 27 heavy (non-hydrogen) atoms. The molecule has 0 spiro atoms. The second-order valence-electron chi connectivity index (χ2n) is 6.81. The van der Waals surface area contributed by atoms with E-state index in [0.29, 0.717) is 5.82 Å². The fraction of sp³-hybridized carbons (Fsp3) is 0.238. The normalized spacial score (nSPS) is 12.5. The van der Waals surface area contributed by atoms with Crippen molar-refractivity contribution >= 4 is 27.8 Å². The first-order valence-corrected chi connectivity index (χ1v) is 8.98. The van der Waals surface area contributed by atoms with Crippen molar-refractivity contribution in [3.63, 3.8) is 0 Å². The second-order valence-corrected chi connectivity index (χ2v) is 6.81. The molecule has 6 nitrogen and oxygen atoms in total. The molecular weight excluding hydrogens is 340 g/mol. The van der Waals surface area contributed by atoms with Crippen molar-refractivity contribution in [3.8, 4) is 0 Å². The van der Waals surface area contributed by atoms with E-state index >= 15 is 0 Å². The van der Waals surface area contributed by atoms with E-state index in [4.69, 9.17) is 4.74 Å².